The van der Waals surface area contributed by atoms with Gasteiger partial charge in [-0.15, -0.1) is 0 Å². The maximum atomic E-state index is 12.2. The number of carboxylic acid groups (broad SMARTS) is 1. The highest BCUT2D eigenvalue weighted by Gasteiger charge is 2.32. The van der Waals surface area contributed by atoms with Gasteiger partial charge in [0.25, 0.3) is 0 Å². The van der Waals surface area contributed by atoms with Crippen LogP contribution in [-0.4, -0.2) is 57.8 Å². The largest absolute Gasteiger partial charge is 0.480 e. The zero-order valence-electron chi connectivity index (χ0n) is 13.7. The first-order valence-electron chi connectivity index (χ1n) is 7.72. The topological polar surface area (TPSA) is 106 Å². The number of ether oxygens (including phenoxy) is 1. The van der Waals surface area contributed by atoms with E-state index in [1.165, 1.54) is 4.90 Å². The number of nitrogens with zero attached hydrogens (tertiary/aromatic N) is 3. The maximum absolute atomic E-state index is 12.2. The minimum atomic E-state index is -1.04. The second-order valence-corrected chi connectivity index (χ2v) is 6.63. The van der Waals surface area contributed by atoms with Crippen molar-refractivity contribution in [1.29, 1.82) is 0 Å². The van der Waals surface area contributed by atoms with Gasteiger partial charge in [-0.25, -0.2) is 4.79 Å². The van der Waals surface area contributed by atoms with Crippen LogP contribution in [0.5, 0.6) is 0 Å². The van der Waals surface area contributed by atoms with Crippen molar-refractivity contribution >= 4 is 11.9 Å². The average Bonchev–Trinajstić information content (AvgIpc) is 2.96. The lowest BCUT2D eigenvalue weighted by Crippen LogP contribution is -2.52. The Labute approximate surface area is 134 Å². The van der Waals surface area contributed by atoms with Gasteiger partial charge >= 0.3 is 5.97 Å². The molecule has 1 saturated heterocycles. The van der Waals surface area contributed by atoms with E-state index in [0.29, 0.717) is 37.7 Å². The van der Waals surface area contributed by atoms with Crippen molar-refractivity contribution in [3.63, 3.8) is 0 Å². The van der Waals surface area contributed by atoms with Crippen molar-refractivity contribution in [2.75, 3.05) is 19.8 Å². The van der Waals surface area contributed by atoms with Gasteiger partial charge in [0, 0.05) is 24.8 Å². The lowest BCUT2D eigenvalue weighted by molar-refractivity contribution is -0.158. The SMILES string of the molecule is CC(C)(C)c1noc(CCCC(=O)N2CCOC[C@@H]2C(=O)O)n1. The fourth-order valence-electron chi connectivity index (χ4n) is 2.30. The first kappa shape index (κ1) is 17.4. The van der Waals surface area contributed by atoms with Crippen LogP contribution in [0.2, 0.25) is 0 Å². The molecular weight excluding hydrogens is 302 g/mol. The quantitative estimate of drug-likeness (QED) is 0.860. The van der Waals surface area contributed by atoms with Crippen LogP contribution < -0.4 is 0 Å². The Bertz CT molecular complexity index is 564. The summed E-state index contributed by atoms with van der Waals surface area (Å²) >= 11 is 0. The van der Waals surface area contributed by atoms with Gasteiger partial charge < -0.3 is 19.3 Å². The van der Waals surface area contributed by atoms with Gasteiger partial charge in [0.1, 0.15) is 0 Å². The molecule has 1 aliphatic heterocycles. The molecule has 2 heterocycles. The smallest absolute Gasteiger partial charge is 0.328 e. The number of hydrogen-bond donors (Lipinski definition) is 1. The van der Waals surface area contributed by atoms with Crippen molar-refractivity contribution in [3.8, 4) is 0 Å². The Hall–Kier alpha value is -1.96. The highest BCUT2D eigenvalue weighted by atomic mass is 16.5. The fraction of sp³-hybridized carbons (Fsp3) is 0.733. The normalized spacial score (nSPS) is 18.9. The molecular formula is C15H23N3O5. The molecule has 23 heavy (non-hydrogen) atoms. The highest BCUT2D eigenvalue weighted by molar-refractivity contribution is 5.83. The summed E-state index contributed by atoms with van der Waals surface area (Å²) in [7, 11) is 0. The lowest BCUT2D eigenvalue weighted by atomic mass is 9.96. The van der Waals surface area contributed by atoms with Gasteiger partial charge in [-0.05, 0) is 6.42 Å². The molecule has 1 aliphatic rings. The first-order valence-corrected chi connectivity index (χ1v) is 7.72. The van der Waals surface area contributed by atoms with Crippen LogP contribution in [0.1, 0.15) is 45.3 Å². The highest BCUT2D eigenvalue weighted by Crippen LogP contribution is 2.19. The fourth-order valence-corrected chi connectivity index (χ4v) is 2.30. The van der Waals surface area contributed by atoms with E-state index in [1.54, 1.807) is 0 Å². The zero-order chi connectivity index (χ0) is 17.0. The van der Waals surface area contributed by atoms with Gasteiger partial charge in [0.05, 0.1) is 13.2 Å². The molecule has 1 N–H and O–H groups in total. The van der Waals surface area contributed by atoms with Crippen LogP contribution in [0, 0.1) is 0 Å². The summed E-state index contributed by atoms with van der Waals surface area (Å²) in [6.07, 6.45) is 1.28. The lowest BCUT2D eigenvalue weighted by Gasteiger charge is -2.32. The summed E-state index contributed by atoms with van der Waals surface area (Å²) < 4.78 is 10.3. The van der Waals surface area contributed by atoms with E-state index < -0.39 is 12.0 Å². The molecule has 0 bridgehead atoms. The minimum Gasteiger partial charge on any atom is -0.480 e. The molecule has 0 saturated carbocycles. The number of carbonyl (C=O) groups is 2. The van der Waals surface area contributed by atoms with E-state index in [2.05, 4.69) is 10.1 Å². The third-order valence-corrected chi connectivity index (χ3v) is 3.65. The predicted octanol–water partition coefficient (Wildman–Crippen LogP) is 1.00. The van der Waals surface area contributed by atoms with Crippen LogP contribution in [0.4, 0.5) is 0 Å². The molecule has 0 aromatic carbocycles. The van der Waals surface area contributed by atoms with Crippen molar-refractivity contribution in [2.45, 2.75) is 51.5 Å². The Morgan fingerprint density at radius 2 is 2.13 bits per heavy atom. The summed E-state index contributed by atoms with van der Waals surface area (Å²) in [5.41, 5.74) is -0.180. The van der Waals surface area contributed by atoms with E-state index in [-0.39, 0.29) is 24.3 Å². The number of carboxylic acids is 1. The summed E-state index contributed by atoms with van der Waals surface area (Å²) in [6.45, 7) is 6.71. The molecule has 1 atom stereocenters. The number of aliphatic carboxylic acids is 1. The number of amides is 1. The summed E-state index contributed by atoms with van der Waals surface area (Å²) in [4.78, 5) is 29.1. The van der Waals surface area contributed by atoms with Crippen LogP contribution in [-0.2, 0) is 26.2 Å². The molecule has 1 aromatic rings. The third kappa shape index (κ3) is 4.51. The van der Waals surface area contributed by atoms with E-state index in [4.69, 9.17) is 14.4 Å². The number of hydrogen-bond acceptors (Lipinski definition) is 6. The number of aromatic nitrogens is 2. The molecule has 1 aromatic heterocycles. The zero-order valence-corrected chi connectivity index (χ0v) is 13.7. The molecule has 1 fully saturated rings. The van der Waals surface area contributed by atoms with E-state index in [1.807, 2.05) is 20.8 Å². The van der Waals surface area contributed by atoms with Crippen molar-refractivity contribution < 1.29 is 24.0 Å². The van der Waals surface area contributed by atoms with Crippen LogP contribution >= 0.6 is 0 Å². The van der Waals surface area contributed by atoms with E-state index in [9.17, 15) is 9.59 Å². The Balaban J connectivity index is 1.84. The van der Waals surface area contributed by atoms with Crippen molar-refractivity contribution in [3.05, 3.63) is 11.7 Å². The first-order chi connectivity index (χ1) is 10.8. The molecule has 8 nitrogen and oxygen atoms in total. The summed E-state index contributed by atoms with van der Waals surface area (Å²) in [6, 6.07) is -0.896. The molecule has 2 rings (SSSR count). The summed E-state index contributed by atoms with van der Waals surface area (Å²) in [5.74, 6) is -0.0848. The molecule has 8 heteroatoms. The number of morpholine rings is 1. The van der Waals surface area contributed by atoms with Crippen LogP contribution in [0.15, 0.2) is 4.52 Å². The monoisotopic (exact) mass is 325 g/mol. The van der Waals surface area contributed by atoms with Crippen molar-refractivity contribution in [1.82, 2.24) is 15.0 Å². The third-order valence-electron chi connectivity index (χ3n) is 3.65. The minimum absolute atomic E-state index is 0.0413. The van der Waals surface area contributed by atoms with Crippen LogP contribution in [0.25, 0.3) is 0 Å². The molecule has 0 aliphatic carbocycles. The molecule has 0 unspecified atom stereocenters. The van der Waals surface area contributed by atoms with Crippen molar-refractivity contribution in [2.24, 2.45) is 0 Å². The average molecular weight is 325 g/mol. The second-order valence-electron chi connectivity index (χ2n) is 6.63. The Kier molecular flexibility index (Phi) is 5.35. The summed E-state index contributed by atoms with van der Waals surface area (Å²) in [5, 5.41) is 13.1. The molecule has 128 valence electrons. The van der Waals surface area contributed by atoms with E-state index >= 15 is 0 Å². The van der Waals surface area contributed by atoms with Gasteiger partial charge in [-0.1, -0.05) is 25.9 Å². The molecule has 0 radical (unpaired) electrons. The number of rotatable bonds is 5. The van der Waals surface area contributed by atoms with Gasteiger partial charge in [0.15, 0.2) is 11.9 Å². The number of carbonyl (C=O) groups excluding carboxylic acids is 1. The standard InChI is InChI=1S/C15H23N3O5/c1-15(2,3)14-16-11(23-17-14)5-4-6-12(19)18-7-8-22-9-10(18)13(20)21/h10H,4-9H2,1-3H3,(H,20,21)/t10-/m1/s1. The van der Waals surface area contributed by atoms with Gasteiger partial charge in [0.2, 0.25) is 11.8 Å². The Morgan fingerprint density at radius 1 is 1.39 bits per heavy atom. The Morgan fingerprint density at radius 3 is 2.74 bits per heavy atom. The molecule has 0 spiro atoms. The van der Waals surface area contributed by atoms with Gasteiger partial charge in [-0.2, -0.15) is 4.98 Å². The number of aryl methyl sites for hydroxylation is 1. The molecule has 1 amide bonds. The van der Waals surface area contributed by atoms with Crippen LogP contribution in [0.3, 0.4) is 0 Å². The van der Waals surface area contributed by atoms with Gasteiger partial charge in [-0.3, -0.25) is 4.79 Å². The van der Waals surface area contributed by atoms with E-state index in [0.717, 1.165) is 0 Å². The predicted molar refractivity (Wildman–Crippen MR) is 79.9 cm³/mol. The maximum Gasteiger partial charge on any atom is 0.328 e. The second kappa shape index (κ2) is 7.08.